The summed E-state index contributed by atoms with van der Waals surface area (Å²) in [6.07, 6.45) is 3.11. The third-order valence-electron chi connectivity index (χ3n) is 3.02. The number of rotatable bonds is 5. The average Bonchev–Trinajstić information content (AvgIpc) is 3.22. The standard InChI is InChI=1S/C16H14N4O2S2/c1-10-19-20-16(24-10)18-14(21)8-5-12-9-23-15(17-12)11-3-6-13(22-2)7-4-11/h3-9H,1-2H3,(H,18,20,21). The van der Waals surface area contributed by atoms with Crippen molar-refractivity contribution in [2.24, 2.45) is 0 Å². The molecule has 0 atom stereocenters. The first-order valence-electron chi connectivity index (χ1n) is 7.03. The molecule has 1 N–H and O–H groups in total. The number of carbonyl (C=O) groups is 1. The van der Waals surface area contributed by atoms with E-state index in [0.717, 1.165) is 27.0 Å². The van der Waals surface area contributed by atoms with Crippen LogP contribution in [-0.2, 0) is 4.79 Å². The number of nitrogens with zero attached hydrogens (tertiary/aromatic N) is 3. The molecule has 0 aliphatic carbocycles. The smallest absolute Gasteiger partial charge is 0.250 e. The number of amides is 1. The molecule has 3 rings (SSSR count). The number of aromatic nitrogens is 3. The van der Waals surface area contributed by atoms with E-state index in [0.29, 0.717) is 5.13 Å². The van der Waals surface area contributed by atoms with Gasteiger partial charge in [0.15, 0.2) is 0 Å². The third kappa shape index (κ3) is 4.03. The molecule has 0 spiro atoms. The molecule has 0 bridgehead atoms. The second-order valence-corrected chi connectivity index (χ2v) is 6.79. The number of hydrogen-bond acceptors (Lipinski definition) is 7. The van der Waals surface area contributed by atoms with Crippen LogP contribution in [0.2, 0.25) is 0 Å². The summed E-state index contributed by atoms with van der Waals surface area (Å²) in [5.74, 6) is 0.546. The summed E-state index contributed by atoms with van der Waals surface area (Å²) in [7, 11) is 1.63. The van der Waals surface area contributed by atoms with E-state index in [2.05, 4.69) is 20.5 Å². The highest BCUT2D eigenvalue weighted by Gasteiger charge is 2.05. The van der Waals surface area contributed by atoms with Gasteiger partial charge in [0, 0.05) is 17.0 Å². The van der Waals surface area contributed by atoms with Crippen molar-refractivity contribution in [1.82, 2.24) is 15.2 Å². The van der Waals surface area contributed by atoms with Gasteiger partial charge in [-0.3, -0.25) is 10.1 Å². The van der Waals surface area contributed by atoms with Gasteiger partial charge in [-0.2, -0.15) is 0 Å². The quantitative estimate of drug-likeness (QED) is 0.705. The number of aryl methyl sites for hydroxylation is 1. The molecule has 0 aliphatic rings. The summed E-state index contributed by atoms with van der Waals surface area (Å²) >= 11 is 2.85. The maximum atomic E-state index is 11.8. The zero-order chi connectivity index (χ0) is 16.9. The molecule has 0 unspecified atom stereocenters. The summed E-state index contributed by atoms with van der Waals surface area (Å²) in [4.78, 5) is 16.3. The van der Waals surface area contributed by atoms with Gasteiger partial charge in [0.25, 0.3) is 0 Å². The van der Waals surface area contributed by atoms with Crippen LogP contribution in [-0.4, -0.2) is 28.2 Å². The molecule has 0 saturated carbocycles. The Hall–Kier alpha value is -2.58. The molecule has 8 heteroatoms. The van der Waals surface area contributed by atoms with Gasteiger partial charge in [-0.15, -0.1) is 21.5 Å². The van der Waals surface area contributed by atoms with E-state index >= 15 is 0 Å². The highest BCUT2D eigenvalue weighted by atomic mass is 32.1. The van der Waals surface area contributed by atoms with Gasteiger partial charge in [-0.05, 0) is 37.3 Å². The predicted molar refractivity (Wildman–Crippen MR) is 96.4 cm³/mol. The molecule has 0 aliphatic heterocycles. The molecule has 0 saturated heterocycles. The minimum atomic E-state index is -0.259. The zero-order valence-electron chi connectivity index (χ0n) is 13.0. The number of methoxy groups -OCH3 is 1. The second kappa shape index (κ2) is 7.33. The summed E-state index contributed by atoms with van der Waals surface area (Å²) in [6.45, 7) is 1.83. The summed E-state index contributed by atoms with van der Waals surface area (Å²) in [6, 6.07) is 7.69. The SMILES string of the molecule is COc1ccc(-c2nc(C=CC(=O)Nc3nnc(C)s3)cs2)cc1. The first kappa shape index (κ1) is 16.3. The van der Waals surface area contributed by atoms with Crippen LogP contribution in [0.25, 0.3) is 16.6 Å². The lowest BCUT2D eigenvalue weighted by Gasteiger charge is -1.99. The molecular weight excluding hydrogens is 344 g/mol. The Kier molecular flexibility index (Phi) is 4.97. The lowest BCUT2D eigenvalue weighted by Crippen LogP contribution is -2.07. The molecule has 2 aromatic heterocycles. The van der Waals surface area contributed by atoms with Crippen LogP contribution >= 0.6 is 22.7 Å². The summed E-state index contributed by atoms with van der Waals surface area (Å²) in [5, 5.41) is 14.4. The first-order chi connectivity index (χ1) is 11.6. The van der Waals surface area contributed by atoms with Gasteiger partial charge < -0.3 is 4.74 Å². The Morgan fingerprint density at radius 3 is 2.71 bits per heavy atom. The van der Waals surface area contributed by atoms with Crippen molar-refractivity contribution in [3.63, 3.8) is 0 Å². The molecule has 3 aromatic rings. The van der Waals surface area contributed by atoms with Gasteiger partial charge in [0.05, 0.1) is 12.8 Å². The van der Waals surface area contributed by atoms with E-state index in [1.807, 2.05) is 36.6 Å². The monoisotopic (exact) mass is 358 g/mol. The van der Waals surface area contributed by atoms with Gasteiger partial charge >= 0.3 is 0 Å². The molecule has 122 valence electrons. The van der Waals surface area contributed by atoms with E-state index in [4.69, 9.17) is 4.74 Å². The topological polar surface area (TPSA) is 77.0 Å². The fourth-order valence-corrected chi connectivity index (χ4v) is 3.27. The van der Waals surface area contributed by atoms with Crippen LogP contribution < -0.4 is 10.1 Å². The Labute approximate surface area is 146 Å². The van der Waals surface area contributed by atoms with Gasteiger partial charge in [0.1, 0.15) is 15.8 Å². The number of anilines is 1. The number of ether oxygens (including phenoxy) is 1. The average molecular weight is 358 g/mol. The van der Waals surface area contributed by atoms with Crippen molar-refractivity contribution in [1.29, 1.82) is 0 Å². The number of benzene rings is 1. The van der Waals surface area contributed by atoms with E-state index in [-0.39, 0.29) is 5.91 Å². The Balaban J connectivity index is 1.65. The van der Waals surface area contributed by atoms with E-state index in [1.54, 1.807) is 13.2 Å². The fraction of sp³-hybridized carbons (Fsp3) is 0.125. The molecule has 6 nitrogen and oxygen atoms in total. The molecule has 0 radical (unpaired) electrons. The molecule has 2 heterocycles. The van der Waals surface area contributed by atoms with Crippen LogP contribution in [0.3, 0.4) is 0 Å². The lowest BCUT2D eigenvalue weighted by molar-refractivity contribution is -0.111. The molecular formula is C16H14N4O2S2. The van der Waals surface area contributed by atoms with Gasteiger partial charge in [0.2, 0.25) is 11.0 Å². The van der Waals surface area contributed by atoms with Crippen molar-refractivity contribution in [2.75, 3.05) is 12.4 Å². The van der Waals surface area contributed by atoms with E-state index in [1.165, 1.54) is 28.7 Å². The van der Waals surface area contributed by atoms with Crippen molar-refractivity contribution in [3.8, 4) is 16.3 Å². The predicted octanol–water partition coefficient (Wildman–Crippen LogP) is 3.63. The second-order valence-electron chi connectivity index (χ2n) is 4.75. The molecule has 24 heavy (non-hydrogen) atoms. The van der Waals surface area contributed by atoms with Gasteiger partial charge in [-0.1, -0.05) is 11.3 Å². The number of nitrogens with one attached hydrogen (secondary N) is 1. The van der Waals surface area contributed by atoms with Crippen LogP contribution in [0.1, 0.15) is 10.7 Å². The largest absolute Gasteiger partial charge is 0.497 e. The minimum Gasteiger partial charge on any atom is -0.497 e. The van der Waals surface area contributed by atoms with Crippen LogP contribution in [0.5, 0.6) is 5.75 Å². The van der Waals surface area contributed by atoms with Crippen LogP contribution in [0, 0.1) is 6.92 Å². The summed E-state index contributed by atoms with van der Waals surface area (Å²) < 4.78 is 5.14. The number of thiazole rings is 1. The summed E-state index contributed by atoms with van der Waals surface area (Å²) in [5.41, 5.74) is 1.74. The van der Waals surface area contributed by atoms with Crippen molar-refractivity contribution >= 4 is 39.8 Å². The number of hydrogen-bond donors (Lipinski definition) is 1. The minimum absolute atomic E-state index is 0.259. The highest BCUT2D eigenvalue weighted by molar-refractivity contribution is 7.15. The van der Waals surface area contributed by atoms with Crippen molar-refractivity contribution < 1.29 is 9.53 Å². The molecule has 1 amide bonds. The maximum Gasteiger partial charge on any atom is 0.250 e. The van der Waals surface area contributed by atoms with Crippen LogP contribution in [0.4, 0.5) is 5.13 Å². The highest BCUT2D eigenvalue weighted by Crippen LogP contribution is 2.26. The lowest BCUT2D eigenvalue weighted by atomic mass is 10.2. The van der Waals surface area contributed by atoms with E-state index in [9.17, 15) is 4.79 Å². The van der Waals surface area contributed by atoms with Crippen LogP contribution in [0.15, 0.2) is 35.7 Å². The number of carbonyl (C=O) groups excluding carboxylic acids is 1. The third-order valence-corrected chi connectivity index (χ3v) is 4.68. The van der Waals surface area contributed by atoms with E-state index < -0.39 is 0 Å². The fourth-order valence-electron chi connectivity index (χ4n) is 1.88. The molecule has 1 aromatic carbocycles. The zero-order valence-corrected chi connectivity index (χ0v) is 14.6. The Morgan fingerprint density at radius 2 is 2.04 bits per heavy atom. The normalized spacial score (nSPS) is 10.9. The van der Waals surface area contributed by atoms with Gasteiger partial charge in [-0.25, -0.2) is 4.98 Å². The Bertz CT molecular complexity index is 868. The maximum absolute atomic E-state index is 11.8. The first-order valence-corrected chi connectivity index (χ1v) is 8.73. The van der Waals surface area contributed by atoms with Crippen molar-refractivity contribution in [2.45, 2.75) is 6.92 Å². The Morgan fingerprint density at radius 1 is 1.25 bits per heavy atom. The van der Waals surface area contributed by atoms with Crippen molar-refractivity contribution in [3.05, 3.63) is 46.4 Å². The molecule has 0 fully saturated rings.